The summed E-state index contributed by atoms with van der Waals surface area (Å²) in [6, 6.07) is 3.95. The molecule has 1 aliphatic carbocycles. The first-order valence-corrected chi connectivity index (χ1v) is 17.0. The summed E-state index contributed by atoms with van der Waals surface area (Å²) in [5.74, 6) is 1.98. The van der Waals surface area contributed by atoms with E-state index in [9.17, 15) is 4.79 Å². The Morgan fingerprint density at radius 1 is 1.13 bits per heavy atom. The Kier molecular flexibility index (Phi) is 7.12. The van der Waals surface area contributed by atoms with Gasteiger partial charge >= 0.3 is 0 Å². The lowest BCUT2D eigenvalue weighted by atomic mass is 9.81. The summed E-state index contributed by atoms with van der Waals surface area (Å²) in [4.78, 5) is 32.3. The second-order valence-electron chi connectivity index (χ2n) is 12.6. The number of aromatic nitrogens is 3. The van der Waals surface area contributed by atoms with Gasteiger partial charge in [0, 0.05) is 18.7 Å². The van der Waals surface area contributed by atoms with Crippen LogP contribution in [-0.2, 0) is 26.0 Å². The van der Waals surface area contributed by atoms with Gasteiger partial charge in [0.25, 0.3) is 0 Å². The summed E-state index contributed by atoms with van der Waals surface area (Å²) < 4.78 is 12.3. The number of halogens is 1. The quantitative estimate of drug-likeness (QED) is 0.322. The normalized spacial score (nSPS) is 23.4. The standard InChI is InChI=1S/C28H40ClN5O3Si/c1-18-15-33(16-19(2)37-18)22-11-10-20(14-30-22)34-25-23(28(26(34)35)12-8-9-13-28)24(29)31-21(32-25)17-36-38(6,7)27(3,4)5/h10-11,14,18-19H,8-9,12-13,15-17H2,1-7H3/t18-,19+. The number of carbonyl (C=O) groups excluding carboxylic acids is 1. The Balaban J connectivity index is 1.49. The van der Waals surface area contributed by atoms with E-state index in [-0.39, 0.29) is 29.8 Å². The van der Waals surface area contributed by atoms with Gasteiger partial charge in [0.05, 0.1) is 36.1 Å². The average molecular weight is 558 g/mol. The van der Waals surface area contributed by atoms with Crippen LogP contribution in [-0.4, -0.2) is 54.5 Å². The molecule has 0 N–H and O–H groups in total. The third kappa shape index (κ3) is 4.76. The van der Waals surface area contributed by atoms with Gasteiger partial charge in [0.1, 0.15) is 16.8 Å². The van der Waals surface area contributed by atoms with Crippen LogP contribution in [0.1, 0.15) is 71.7 Å². The van der Waals surface area contributed by atoms with E-state index in [1.165, 1.54) is 0 Å². The highest BCUT2D eigenvalue weighted by Gasteiger charge is 2.55. The smallest absolute Gasteiger partial charge is 0.243 e. The molecule has 0 bridgehead atoms. The van der Waals surface area contributed by atoms with Crippen LogP contribution in [0.2, 0.25) is 23.3 Å². The highest BCUT2D eigenvalue weighted by molar-refractivity contribution is 6.74. The Morgan fingerprint density at radius 3 is 2.37 bits per heavy atom. The van der Waals surface area contributed by atoms with Crippen molar-refractivity contribution in [3.63, 3.8) is 0 Å². The molecule has 1 spiro atoms. The maximum Gasteiger partial charge on any atom is 0.243 e. The van der Waals surface area contributed by atoms with Gasteiger partial charge in [-0.3, -0.25) is 9.69 Å². The van der Waals surface area contributed by atoms with E-state index in [4.69, 9.17) is 30.7 Å². The molecule has 2 aromatic heterocycles. The Morgan fingerprint density at radius 2 is 1.79 bits per heavy atom. The molecule has 38 heavy (non-hydrogen) atoms. The van der Waals surface area contributed by atoms with Crippen LogP contribution in [0.25, 0.3) is 0 Å². The fourth-order valence-electron chi connectivity index (χ4n) is 5.73. The molecule has 3 aliphatic rings. The molecule has 2 aromatic rings. The molecule has 0 unspecified atom stereocenters. The van der Waals surface area contributed by atoms with Crippen LogP contribution in [0.4, 0.5) is 17.3 Å². The zero-order valence-corrected chi connectivity index (χ0v) is 25.4. The van der Waals surface area contributed by atoms with E-state index in [1.807, 2.05) is 12.1 Å². The van der Waals surface area contributed by atoms with Crippen LogP contribution in [0, 0.1) is 0 Å². The summed E-state index contributed by atoms with van der Waals surface area (Å²) in [5.41, 5.74) is 0.792. The molecule has 0 aromatic carbocycles. The summed E-state index contributed by atoms with van der Waals surface area (Å²) in [6.07, 6.45) is 5.53. The van der Waals surface area contributed by atoms with E-state index in [1.54, 1.807) is 11.1 Å². The van der Waals surface area contributed by atoms with Gasteiger partial charge in [0.2, 0.25) is 5.91 Å². The lowest BCUT2D eigenvalue weighted by Gasteiger charge is -2.36. The van der Waals surface area contributed by atoms with Crippen LogP contribution in [0.15, 0.2) is 18.3 Å². The number of pyridine rings is 1. The molecule has 206 valence electrons. The van der Waals surface area contributed by atoms with E-state index in [0.717, 1.165) is 50.2 Å². The third-order valence-corrected chi connectivity index (χ3v) is 13.5. The predicted octanol–water partition coefficient (Wildman–Crippen LogP) is 6.15. The fourth-order valence-corrected chi connectivity index (χ4v) is 7.01. The van der Waals surface area contributed by atoms with Gasteiger partial charge in [0.15, 0.2) is 14.1 Å². The van der Waals surface area contributed by atoms with Gasteiger partial charge in [-0.1, -0.05) is 45.2 Å². The third-order valence-electron chi connectivity index (χ3n) is 8.75. The van der Waals surface area contributed by atoms with Crippen molar-refractivity contribution < 1.29 is 14.0 Å². The molecule has 4 heterocycles. The summed E-state index contributed by atoms with van der Waals surface area (Å²) in [7, 11) is -2.02. The molecule has 1 saturated heterocycles. The summed E-state index contributed by atoms with van der Waals surface area (Å²) in [6.45, 7) is 17.0. The first-order valence-electron chi connectivity index (χ1n) is 13.7. The number of fused-ring (bicyclic) bond motifs is 2. The summed E-state index contributed by atoms with van der Waals surface area (Å²) in [5, 5.41) is 0.426. The molecule has 0 radical (unpaired) electrons. The minimum Gasteiger partial charge on any atom is -0.409 e. The van der Waals surface area contributed by atoms with Crippen molar-refractivity contribution >= 4 is 43.1 Å². The average Bonchev–Trinajstić information content (AvgIpc) is 3.41. The largest absolute Gasteiger partial charge is 0.409 e. The minimum atomic E-state index is -2.02. The number of carbonyl (C=O) groups is 1. The number of nitrogens with zero attached hydrogens (tertiary/aromatic N) is 5. The van der Waals surface area contributed by atoms with E-state index in [2.05, 4.69) is 57.6 Å². The van der Waals surface area contributed by atoms with Gasteiger partial charge in [-0.15, -0.1) is 0 Å². The number of ether oxygens (including phenoxy) is 1. The number of amides is 1. The molecule has 5 rings (SSSR count). The highest BCUT2D eigenvalue weighted by atomic mass is 35.5. The Hall–Kier alpha value is -2.07. The van der Waals surface area contributed by atoms with Gasteiger partial charge < -0.3 is 14.1 Å². The number of rotatable bonds is 5. The summed E-state index contributed by atoms with van der Waals surface area (Å²) >= 11 is 6.85. The predicted molar refractivity (Wildman–Crippen MR) is 153 cm³/mol. The Labute approximate surface area is 232 Å². The SMILES string of the molecule is C[C@@H]1CN(c2ccc(N3C(=O)C4(CCCC4)c4c(Cl)nc(CO[Si](C)(C)C(C)(C)C)nc43)cn2)C[C@H](C)O1. The maximum atomic E-state index is 14.1. The number of hydrogen-bond acceptors (Lipinski definition) is 7. The van der Waals surface area contributed by atoms with Crippen LogP contribution in [0.5, 0.6) is 0 Å². The fraction of sp³-hybridized carbons (Fsp3) is 0.643. The molecule has 2 aliphatic heterocycles. The number of anilines is 3. The molecular weight excluding hydrogens is 518 g/mol. The molecule has 10 heteroatoms. The second kappa shape index (κ2) is 9.84. The lowest BCUT2D eigenvalue weighted by molar-refractivity contribution is -0.122. The molecular formula is C28H40ClN5O3Si. The van der Waals surface area contributed by atoms with E-state index in [0.29, 0.717) is 22.5 Å². The van der Waals surface area contributed by atoms with Crippen molar-refractivity contribution in [1.82, 2.24) is 15.0 Å². The lowest BCUT2D eigenvalue weighted by Crippen LogP contribution is -2.45. The second-order valence-corrected chi connectivity index (χ2v) is 17.8. The first kappa shape index (κ1) is 27.5. The number of hydrogen-bond donors (Lipinski definition) is 0. The van der Waals surface area contributed by atoms with Crippen LogP contribution in [0.3, 0.4) is 0 Å². The van der Waals surface area contributed by atoms with Gasteiger partial charge in [-0.25, -0.2) is 15.0 Å². The van der Waals surface area contributed by atoms with Crippen molar-refractivity contribution in [1.29, 1.82) is 0 Å². The molecule has 2 fully saturated rings. The topological polar surface area (TPSA) is 80.7 Å². The van der Waals surface area contributed by atoms with E-state index >= 15 is 0 Å². The Bertz CT molecular complexity index is 1200. The first-order chi connectivity index (χ1) is 17.8. The zero-order valence-electron chi connectivity index (χ0n) is 23.7. The van der Waals surface area contributed by atoms with Crippen molar-refractivity contribution in [2.75, 3.05) is 22.9 Å². The van der Waals surface area contributed by atoms with E-state index < -0.39 is 13.7 Å². The molecule has 1 amide bonds. The molecule has 1 saturated carbocycles. The highest BCUT2D eigenvalue weighted by Crippen LogP contribution is 2.54. The van der Waals surface area contributed by atoms with Crippen LogP contribution >= 0.6 is 11.6 Å². The molecule has 8 nitrogen and oxygen atoms in total. The van der Waals surface area contributed by atoms with Crippen molar-refractivity contribution in [3.8, 4) is 0 Å². The van der Waals surface area contributed by atoms with Gasteiger partial charge in [-0.05, 0) is 57.0 Å². The van der Waals surface area contributed by atoms with Crippen LogP contribution < -0.4 is 9.80 Å². The minimum absolute atomic E-state index is 0.0202. The maximum absolute atomic E-state index is 14.1. The number of morpholine rings is 1. The molecule has 2 atom stereocenters. The van der Waals surface area contributed by atoms with Gasteiger partial charge in [-0.2, -0.15) is 0 Å². The monoisotopic (exact) mass is 557 g/mol. The zero-order chi connectivity index (χ0) is 27.5. The van der Waals surface area contributed by atoms with Crippen molar-refractivity contribution in [2.24, 2.45) is 0 Å². The van der Waals surface area contributed by atoms with Crippen molar-refractivity contribution in [3.05, 3.63) is 34.9 Å². The van der Waals surface area contributed by atoms with Crippen molar-refractivity contribution in [2.45, 2.75) is 103 Å².